The summed E-state index contributed by atoms with van der Waals surface area (Å²) in [4.78, 5) is 31.6. The van der Waals surface area contributed by atoms with E-state index in [9.17, 15) is 9.59 Å². The molecule has 0 bridgehead atoms. The number of aromatic amines is 1. The van der Waals surface area contributed by atoms with Crippen molar-refractivity contribution in [2.75, 3.05) is 45.7 Å². The molecule has 2 aliphatic rings. The van der Waals surface area contributed by atoms with Gasteiger partial charge in [0.25, 0.3) is 11.8 Å². The van der Waals surface area contributed by atoms with Crippen LogP contribution in [0.25, 0.3) is 22.8 Å². The molecule has 8 heteroatoms. The van der Waals surface area contributed by atoms with Crippen molar-refractivity contribution in [2.24, 2.45) is 0 Å². The Balaban J connectivity index is 1.38. The fourth-order valence-corrected chi connectivity index (χ4v) is 5.37. The number of aryl methyl sites for hydroxylation is 1. The van der Waals surface area contributed by atoms with Crippen molar-refractivity contribution >= 4 is 29.2 Å². The molecule has 0 aliphatic carbocycles. The van der Waals surface area contributed by atoms with E-state index in [0.717, 1.165) is 59.0 Å². The minimum absolute atomic E-state index is 0.0885. The number of amides is 2. The van der Waals surface area contributed by atoms with Gasteiger partial charge in [-0.05, 0) is 75.2 Å². The minimum Gasteiger partial charge on any atom is -0.497 e. The third-order valence-corrected chi connectivity index (χ3v) is 7.43. The summed E-state index contributed by atoms with van der Waals surface area (Å²) in [6.07, 6.45) is 4.30. The van der Waals surface area contributed by atoms with Crippen molar-refractivity contribution in [2.45, 2.75) is 26.7 Å². The van der Waals surface area contributed by atoms with E-state index in [2.05, 4.69) is 20.5 Å². The van der Waals surface area contributed by atoms with Gasteiger partial charge in [-0.3, -0.25) is 9.59 Å². The molecule has 1 saturated heterocycles. The number of fused-ring (bicyclic) bond motifs is 1. The second-order valence-electron chi connectivity index (χ2n) is 9.81. The highest BCUT2D eigenvalue weighted by Crippen LogP contribution is 2.40. The molecule has 1 fully saturated rings. The standard InChI is InChI=1S/C30H34N4O4/c1-18-25(32-19(2)28(18)30(36)31-11-14-34-12-5-6-13-34)17-24-23-9-7-20(15-26(23)33-29(24)35)22-10-8-21(37-3)16-27(22)38-4/h7-10,15-17,32H,5-6,11-14H2,1-4H3,(H,31,36)(H,33,35). The van der Waals surface area contributed by atoms with E-state index >= 15 is 0 Å². The largest absolute Gasteiger partial charge is 0.497 e. The Morgan fingerprint density at radius 1 is 1.05 bits per heavy atom. The Morgan fingerprint density at radius 2 is 1.82 bits per heavy atom. The van der Waals surface area contributed by atoms with Crippen LogP contribution in [-0.4, -0.2) is 62.1 Å². The molecule has 0 radical (unpaired) electrons. The maximum atomic E-state index is 13.0. The first kappa shape index (κ1) is 25.6. The number of carbonyl (C=O) groups is 2. The summed E-state index contributed by atoms with van der Waals surface area (Å²) in [5.41, 5.74) is 6.93. The van der Waals surface area contributed by atoms with Gasteiger partial charge >= 0.3 is 0 Å². The Kier molecular flexibility index (Phi) is 7.24. The van der Waals surface area contributed by atoms with E-state index in [1.165, 1.54) is 12.8 Å². The zero-order chi connectivity index (χ0) is 26.8. The molecule has 1 aromatic heterocycles. The van der Waals surface area contributed by atoms with Gasteiger partial charge in [0.2, 0.25) is 0 Å². The maximum Gasteiger partial charge on any atom is 0.256 e. The van der Waals surface area contributed by atoms with Crippen LogP contribution >= 0.6 is 0 Å². The number of rotatable bonds is 8. The highest BCUT2D eigenvalue weighted by molar-refractivity contribution is 6.35. The van der Waals surface area contributed by atoms with Crippen molar-refractivity contribution in [3.63, 3.8) is 0 Å². The Morgan fingerprint density at radius 3 is 2.55 bits per heavy atom. The number of aromatic nitrogens is 1. The molecule has 198 valence electrons. The lowest BCUT2D eigenvalue weighted by molar-refractivity contribution is -0.110. The third kappa shape index (κ3) is 4.91. The van der Waals surface area contributed by atoms with Crippen molar-refractivity contribution in [1.82, 2.24) is 15.2 Å². The monoisotopic (exact) mass is 514 g/mol. The zero-order valence-corrected chi connectivity index (χ0v) is 22.4. The molecule has 3 N–H and O–H groups in total. The SMILES string of the molecule is COc1ccc(-c2ccc3c(c2)NC(=O)C3=Cc2[nH]c(C)c(C(=O)NCCN3CCCC3)c2C)c(OC)c1. The van der Waals surface area contributed by atoms with Gasteiger partial charge in [-0.25, -0.2) is 0 Å². The molecule has 0 atom stereocenters. The van der Waals surface area contributed by atoms with Crippen LogP contribution < -0.4 is 20.1 Å². The molecular weight excluding hydrogens is 480 g/mol. The average molecular weight is 515 g/mol. The van der Waals surface area contributed by atoms with Gasteiger partial charge in [0.1, 0.15) is 11.5 Å². The number of likely N-dealkylation sites (tertiary alicyclic amines) is 1. The number of H-pyrrole nitrogens is 1. The summed E-state index contributed by atoms with van der Waals surface area (Å²) < 4.78 is 10.9. The number of ether oxygens (including phenoxy) is 2. The quantitative estimate of drug-likeness (QED) is 0.381. The maximum absolute atomic E-state index is 13.0. The van der Waals surface area contributed by atoms with Gasteiger partial charge in [0.15, 0.2) is 0 Å². The fourth-order valence-electron chi connectivity index (χ4n) is 5.37. The summed E-state index contributed by atoms with van der Waals surface area (Å²) in [5, 5.41) is 6.04. The van der Waals surface area contributed by atoms with Crippen LogP contribution in [0.5, 0.6) is 11.5 Å². The number of methoxy groups -OCH3 is 2. The fraction of sp³-hybridized carbons (Fsp3) is 0.333. The molecule has 3 heterocycles. The van der Waals surface area contributed by atoms with Crippen molar-refractivity contribution in [3.05, 3.63) is 64.5 Å². The summed E-state index contributed by atoms with van der Waals surface area (Å²) in [7, 11) is 3.24. The van der Waals surface area contributed by atoms with Crippen LogP contribution in [-0.2, 0) is 4.79 Å². The lowest BCUT2D eigenvalue weighted by Crippen LogP contribution is -2.33. The number of anilines is 1. The van der Waals surface area contributed by atoms with Gasteiger partial charge in [-0.15, -0.1) is 0 Å². The van der Waals surface area contributed by atoms with Gasteiger partial charge in [0.05, 0.1) is 25.4 Å². The second kappa shape index (κ2) is 10.8. The first-order valence-electron chi connectivity index (χ1n) is 13.0. The van der Waals surface area contributed by atoms with E-state index in [-0.39, 0.29) is 11.8 Å². The molecule has 2 amide bonds. The molecule has 3 aromatic rings. The average Bonchev–Trinajstić information content (AvgIpc) is 3.61. The third-order valence-electron chi connectivity index (χ3n) is 7.43. The highest BCUT2D eigenvalue weighted by atomic mass is 16.5. The molecule has 38 heavy (non-hydrogen) atoms. The predicted molar refractivity (Wildman–Crippen MR) is 150 cm³/mol. The number of nitrogens with zero attached hydrogens (tertiary/aromatic N) is 1. The normalized spacial score (nSPS) is 16.0. The topological polar surface area (TPSA) is 95.7 Å². The molecule has 2 aromatic carbocycles. The summed E-state index contributed by atoms with van der Waals surface area (Å²) in [6.45, 7) is 7.51. The van der Waals surface area contributed by atoms with Gasteiger partial charge in [-0.1, -0.05) is 12.1 Å². The van der Waals surface area contributed by atoms with Crippen LogP contribution in [0.1, 0.15) is 45.7 Å². The van der Waals surface area contributed by atoms with E-state index in [4.69, 9.17) is 9.47 Å². The summed E-state index contributed by atoms with van der Waals surface area (Å²) >= 11 is 0. The summed E-state index contributed by atoms with van der Waals surface area (Å²) in [6, 6.07) is 11.5. The molecular formula is C30H34N4O4. The van der Waals surface area contributed by atoms with E-state index < -0.39 is 0 Å². The Labute approximate surface area is 223 Å². The Hall–Kier alpha value is -4.04. The van der Waals surface area contributed by atoms with Gasteiger partial charge in [0, 0.05) is 47.4 Å². The zero-order valence-electron chi connectivity index (χ0n) is 22.4. The lowest BCUT2D eigenvalue weighted by atomic mass is 9.99. The van der Waals surface area contributed by atoms with Crippen LogP contribution in [0.3, 0.4) is 0 Å². The van der Waals surface area contributed by atoms with Crippen molar-refractivity contribution in [1.29, 1.82) is 0 Å². The molecule has 5 rings (SSSR count). The van der Waals surface area contributed by atoms with E-state index in [0.29, 0.717) is 29.2 Å². The second-order valence-corrected chi connectivity index (χ2v) is 9.81. The minimum atomic E-state index is -0.179. The van der Waals surface area contributed by atoms with E-state index in [1.807, 2.05) is 56.3 Å². The van der Waals surface area contributed by atoms with Crippen molar-refractivity contribution < 1.29 is 19.1 Å². The predicted octanol–water partition coefficient (Wildman–Crippen LogP) is 4.63. The lowest BCUT2D eigenvalue weighted by Gasteiger charge is -2.14. The highest BCUT2D eigenvalue weighted by Gasteiger charge is 2.26. The number of carbonyl (C=O) groups excluding carboxylic acids is 2. The smallest absolute Gasteiger partial charge is 0.256 e. The molecule has 0 unspecified atom stereocenters. The van der Waals surface area contributed by atoms with Gasteiger partial charge in [-0.2, -0.15) is 0 Å². The van der Waals surface area contributed by atoms with Gasteiger partial charge < -0.3 is 30.0 Å². The first-order valence-corrected chi connectivity index (χ1v) is 13.0. The van der Waals surface area contributed by atoms with Crippen LogP contribution in [0.15, 0.2) is 36.4 Å². The molecule has 0 spiro atoms. The first-order chi connectivity index (χ1) is 18.4. The molecule has 8 nitrogen and oxygen atoms in total. The number of hydrogen-bond donors (Lipinski definition) is 3. The van der Waals surface area contributed by atoms with Crippen LogP contribution in [0.4, 0.5) is 5.69 Å². The van der Waals surface area contributed by atoms with Crippen LogP contribution in [0, 0.1) is 13.8 Å². The number of hydrogen-bond acceptors (Lipinski definition) is 5. The van der Waals surface area contributed by atoms with Crippen LogP contribution in [0.2, 0.25) is 0 Å². The Bertz CT molecular complexity index is 1420. The molecule has 0 saturated carbocycles. The van der Waals surface area contributed by atoms with Crippen molar-refractivity contribution in [3.8, 4) is 22.6 Å². The number of nitrogens with one attached hydrogen (secondary N) is 3. The molecule has 2 aliphatic heterocycles. The van der Waals surface area contributed by atoms with E-state index in [1.54, 1.807) is 14.2 Å². The number of benzene rings is 2. The summed E-state index contributed by atoms with van der Waals surface area (Å²) in [5.74, 6) is 1.13.